The van der Waals surface area contributed by atoms with E-state index in [-0.39, 0.29) is 5.75 Å². The van der Waals surface area contributed by atoms with Crippen molar-refractivity contribution in [2.45, 2.75) is 6.54 Å². The van der Waals surface area contributed by atoms with Crippen molar-refractivity contribution < 1.29 is 5.11 Å². The first kappa shape index (κ1) is 9.58. The van der Waals surface area contributed by atoms with E-state index in [4.69, 9.17) is 0 Å². The zero-order valence-corrected chi connectivity index (χ0v) is 8.51. The van der Waals surface area contributed by atoms with Gasteiger partial charge in [-0.05, 0) is 18.2 Å². The van der Waals surface area contributed by atoms with Crippen LogP contribution in [0.25, 0.3) is 0 Å². The highest BCUT2D eigenvalue weighted by atomic mass is 16.3. The van der Waals surface area contributed by atoms with Crippen LogP contribution in [-0.4, -0.2) is 14.9 Å². The van der Waals surface area contributed by atoms with Crippen molar-refractivity contribution in [3.05, 3.63) is 42.2 Å². The van der Waals surface area contributed by atoms with Gasteiger partial charge in [-0.3, -0.25) is 4.68 Å². The Morgan fingerprint density at radius 3 is 2.93 bits per heavy atom. The number of aromatic hydroxyl groups is 1. The van der Waals surface area contributed by atoms with Crippen LogP contribution >= 0.6 is 0 Å². The monoisotopic (exact) mass is 203 g/mol. The van der Waals surface area contributed by atoms with Crippen LogP contribution in [0.4, 0.5) is 5.69 Å². The Morgan fingerprint density at radius 2 is 2.27 bits per heavy atom. The lowest BCUT2D eigenvalue weighted by molar-refractivity contribution is 0.475. The second-order valence-corrected chi connectivity index (χ2v) is 3.35. The number of aromatic nitrogens is 2. The highest BCUT2D eigenvalue weighted by Gasteiger charge is 1.98. The quantitative estimate of drug-likeness (QED) is 0.798. The molecule has 0 bridgehead atoms. The second kappa shape index (κ2) is 4.04. The zero-order valence-electron chi connectivity index (χ0n) is 8.51. The first-order valence-electron chi connectivity index (χ1n) is 4.75. The lowest BCUT2D eigenvalue weighted by Crippen LogP contribution is -2.05. The van der Waals surface area contributed by atoms with Gasteiger partial charge in [-0.15, -0.1) is 0 Å². The minimum Gasteiger partial charge on any atom is -0.508 e. The van der Waals surface area contributed by atoms with Gasteiger partial charge in [0.25, 0.3) is 0 Å². The molecule has 2 N–H and O–H groups in total. The summed E-state index contributed by atoms with van der Waals surface area (Å²) < 4.78 is 1.82. The molecule has 0 aliphatic carbocycles. The Kier molecular flexibility index (Phi) is 2.58. The molecule has 78 valence electrons. The van der Waals surface area contributed by atoms with Crippen molar-refractivity contribution in [2.75, 3.05) is 5.32 Å². The molecule has 4 heteroatoms. The molecule has 1 heterocycles. The highest BCUT2D eigenvalue weighted by Crippen LogP contribution is 2.15. The maximum atomic E-state index is 9.27. The largest absolute Gasteiger partial charge is 0.508 e. The fourth-order valence-electron chi connectivity index (χ4n) is 1.38. The SMILES string of the molecule is Cn1nccc1CNc1cccc(O)c1. The van der Waals surface area contributed by atoms with Crippen molar-refractivity contribution in [3.8, 4) is 5.75 Å². The predicted octanol–water partition coefficient (Wildman–Crippen LogP) is 1.74. The van der Waals surface area contributed by atoms with Gasteiger partial charge < -0.3 is 10.4 Å². The predicted molar refractivity (Wildman–Crippen MR) is 58.6 cm³/mol. The summed E-state index contributed by atoms with van der Waals surface area (Å²) in [6.07, 6.45) is 1.76. The lowest BCUT2D eigenvalue weighted by atomic mass is 10.3. The molecule has 0 saturated heterocycles. The molecule has 0 saturated carbocycles. The summed E-state index contributed by atoms with van der Waals surface area (Å²) in [6.45, 7) is 0.694. The van der Waals surface area contributed by atoms with Gasteiger partial charge in [-0.1, -0.05) is 6.07 Å². The number of nitrogens with zero attached hydrogens (tertiary/aromatic N) is 2. The minimum atomic E-state index is 0.269. The summed E-state index contributed by atoms with van der Waals surface area (Å²) in [6, 6.07) is 9.01. The van der Waals surface area contributed by atoms with E-state index in [1.165, 1.54) is 0 Å². The molecule has 4 nitrogen and oxygen atoms in total. The van der Waals surface area contributed by atoms with Gasteiger partial charge >= 0.3 is 0 Å². The summed E-state index contributed by atoms with van der Waals surface area (Å²) in [5, 5.41) is 16.5. The number of nitrogens with one attached hydrogen (secondary N) is 1. The Morgan fingerprint density at radius 1 is 1.40 bits per heavy atom. The van der Waals surface area contributed by atoms with Gasteiger partial charge in [0.1, 0.15) is 5.75 Å². The number of aryl methyl sites for hydroxylation is 1. The Hall–Kier alpha value is -1.97. The van der Waals surface area contributed by atoms with E-state index < -0.39 is 0 Å². The van der Waals surface area contributed by atoms with Gasteiger partial charge in [0.2, 0.25) is 0 Å². The number of phenols is 1. The third-order valence-electron chi connectivity index (χ3n) is 2.24. The Labute approximate surface area is 88.2 Å². The van der Waals surface area contributed by atoms with Crippen LogP contribution in [0, 0.1) is 0 Å². The van der Waals surface area contributed by atoms with Crippen molar-refractivity contribution in [1.29, 1.82) is 0 Å². The van der Waals surface area contributed by atoms with E-state index >= 15 is 0 Å². The maximum Gasteiger partial charge on any atom is 0.117 e. The van der Waals surface area contributed by atoms with Crippen molar-refractivity contribution in [2.24, 2.45) is 7.05 Å². The van der Waals surface area contributed by atoms with Crippen LogP contribution < -0.4 is 5.32 Å². The first-order valence-corrected chi connectivity index (χ1v) is 4.75. The molecule has 0 amide bonds. The molecule has 0 unspecified atom stereocenters. The standard InChI is InChI=1S/C11H13N3O/c1-14-10(5-6-13-14)8-12-9-3-2-4-11(15)7-9/h2-7,12,15H,8H2,1H3. The molecule has 0 spiro atoms. The van der Waals surface area contributed by atoms with E-state index in [1.54, 1.807) is 24.4 Å². The van der Waals surface area contributed by atoms with Crippen LogP contribution in [-0.2, 0) is 13.6 Å². The molecule has 0 aliphatic heterocycles. The Balaban J connectivity index is 2.02. The summed E-state index contributed by atoms with van der Waals surface area (Å²) in [4.78, 5) is 0. The van der Waals surface area contributed by atoms with Gasteiger partial charge in [-0.25, -0.2) is 0 Å². The third-order valence-corrected chi connectivity index (χ3v) is 2.24. The van der Waals surface area contributed by atoms with Crippen LogP contribution in [0.2, 0.25) is 0 Å². The molecule has 1 aromatic heterocycles. The smallest absolute Gasteiger partial charge is 0.117 e. The van der Waals surface area contributed by atoms with Crippen LogP contribution in [0.15, 0.2) is 36.5 Å². The van der Waals surface area contributed by atoms with Gasteiger partial charge in [0.05, 0.1) is 12.2 Å². The summed E-state index contributed by atoms with van der Waals surface area (Å²) in [5.41, 5.74) is 1.99. The van der Waals surface area contributed by atoms with E-state index in [9.17, 15) is 5.11 Å². The van der Waals surface area contributed by atoms with Crippen molar-refractivity contribution >= 4 is 5.69 Å². The highest BCUT2D eigenvalue weighted by molar-refractivity contribution is 5.47. The van der Waals surface area contributed by atoms with E-state index in [2.05, 4.69) is 10.4 Å². The van der Waals surface area contributed by atoms with E-state index in [0.717, 1.165) is 11.4 Å². The van der Waals surface area contributed by atoms with Gasteiger partial charge in [0, 0.05) is 25.0 Å². The average Bonchev–Trinajstić information content (AvgIpc) is 2.61. The molecule has 1 aromatic carbocycles. The fourth-order valence-corrected chi connectivity index (χ4v) is 1.38. The molecule has 2 rings (SSSR count). The number of benzene rings is 1. The number of rotatable bonds is 3. The Bertz CT molecular complexity index is 451. The van der Waals surface area contributed by atoms with Crippen LogP contribution in [0.1, 0.15) is 5.69 Å². The molecule has 0 fully saturated rings. The van der Waals surface area contributed by atoms with E-state index in [0.29, 0.717) is 6.54 Å². The van der Waals surface area contributed by atoms with Crippen molar-refractivity contribution in [1.82, 2.24) is 9.78 Å². The maximum absolute atomic E-state index is 9.27. The number of hydrogen-bond donors (Lipinski definition) is 2. The van der Waals surface area contributed by atoms with E-state index in [1.807, 2.05) is 23.9 Å². The number of phenolic OH excluding ortho intramolecular Hbond substituents is 1. The second-order valence-electron chi connectivity index (χ2n) is 3.35. The molecule has 0 radical (unpaired) electrons. The summed E-state index contributed by atoms with van der Waals surface area (Å²) in [5.74, 6) is 0.269. The fraction of sp³-hybridized carbons (Fsp3) is 0.182. The third kappa shape index (κ3) is 2.28. The van der Waals surface area contributed by atoms with Crippen LogP contribution in [0.3, 0.4) is 0 Å². The van der Waals surface area contributed by atoms with Gasteiger partial charge in [0.15, 0.2) is 0 Å². The minimum absolute atomic E-state index is 0.269. The van der Waals surface area contributed by atoms with Crippen LogP contribution in [0.5, 0.6) is 5.75 Å². The molecular formula is C11H13N3O. The molecule has 0 aliphatic rings. The zero-order chi connectivity index (χ0) is 10.7. The molecule has 0 atom stereocenters. The van der Waals surface area contributed by atoms with Gasteiger partial charge in [-0.2, -0.15) is 5.10 Å². The summed E-state index contributed by atoms with van der Waals surface area (Å²) >= 11 is 0. The summed E-state index contributed by atoms with van der Waals surface area (Å²) in [7, 11) is 1.90. The topological polar surface area (TPSA) is 50.1 Å². The average molecular weight is 203 g/mol. The molecular weight excluding hydrogens is 190 g/mol. The molecule has 15 heavy (non-hydrogen) atoms. The first-order chi connectivity index (χ1) is 7.25. The normalized spacial score (nSPS) is 10.2. The van der Waals surface area contributed by atoms with Crippen molar-refractivity contribution in [3.63, 3.8) is 0 Å². The molecule has 2 aromatic rings. The number of hydrogen-bond acceptors (Lipinski definition) is 3. The number of anilines is 1. The lowest BCUT2D eigenvalue weighted by Gasteiger charge is -2.06.